The third-order valence-electron chi connectivity index (χ3n) is 3.89. The van der Waals surface area contributed by atoms with Gasteiger partial charge in [0.05, 0.1) is 11.0 Å². The molecule has 0 spiro atoms. The number of pyridine rings is 1. The van der Waals surface area contributed by atoms with Crippen molar-refractivity contribution in [3.05, 3.63) is 22.8 Å². The molecule has 1 fully saturated rings. The van der Waals surface area contributed by atoms with E-state index >= 15 is 0 Å². The summed E-state index contributed by atoms with van der Waals surface area (Å²) in [6.45, 7) is 2.25. The van der Waals surface area contributed by atoms with Gasteiger partial charge in [0.25, 0.3) is 0 Å². The molecule has 0 bridgehead atoms. The predicted molar refractivity (Wildman–Crippen MR) is 71.6 cm³/mol. The highest BCUT2D eigenvalue weighted by atomic mass is 15.3. The Balaban J connectivity index is 1.87. The van der Waals surface area contributed by atoms with E-state index in [9.17, 15) is 0 Å². The van der Waals surface area contributed by atoms with Crippen LogP contribution in [-0.2, 0) is 0 Å². The molecule has 0 unspecified atom stereocenters. The number of rotatable bonds is 0. The fourth-order valence-electron chi connectivity index (χ4n) is 2.98. The second-order valence-electron chi connectivity index (χ2n) is 5.07. The molecule has 18 heavy (non-hydrogen) atoms. The molecule has 0 radical (unpaired) electrons. The standard InChI is InChI=1S/C14H16N4/c1-2-9-18(8-1)14-16-11-5-3-4-10-13(11)12(17-14)6-7-15-10/h4,6-7H,1-3,5,8-9H2,(H,16,17). The van der Waals surface area contributed by atoms with E-state index in [1.807, 2.05) is 12.3 Å². The van der Waals surface area contributed by atoms with Gasteiger partial charge in [0.15, 0.2) is 0 Å². The van der Waals surface area contributed by atoms with Crippen molar-refractivity contribution in [2.75, 3.05) is 13.1 Å². The molecule has 4 nitrogen and oxygen atoms in total. The Kier molecular flexibility index (Phi) is 2.15. The monoisotopic (exact) mass is 240 g/mol. The van der Waals surface area contributed by atoms with Gasteiger partial charge in [0, 0.05) is 30.2 Å². The van der Waals surface area contributed by atoms with Crippen molar-refractivity contribution in [3.8, 4) is 0 Å². The second kappa shape index (κ2) is 3.83. The zero-order chi connectivity index (χ0) is 11.9. The Labute approximate surface area is 106 Å². The SMILES string of the molecule is C1=c2nccc3c2=C(CC1)NC(N1CCCC1)=N3. The molecule has 1 saturated heterocycles. The Morgan fingerprint density at radius 3 is 3.00 bits per heavy atom. The molecular weight excluding hydrogens is 224 g/mol. The largest absolute Gasteiger partial charge is 0.342 e. The van der Waals surface area contributed by atoms with E-state index in [4.69, 9.17) is 4.99 Å². The molecule has 1 N–H and O–H groups in total. The van der Waals surface area contributed by atoms with Crippen molar-refractivity contribution in [3.63, 3.8) is 0 Å². The van der Waals surface area contributed by atoms with E-state index in [-0.39, 0.29) is 0 Å². The summed E-state index contributed by atoms with van der Waals surface area (Å²) in [6.07, 6.45) is 8.76. The van der Waals surface area contributed by atoms with Gasteiger partial charge in [0.1, 0.15) is 0 Å². The Bertz CT molecular complexity index is 638. The van der Waals surface area contributed by atoms with Crippen LogP contribution in [0.15, 0.2) is 17.3 Å². The summed E-state index contributed by atoms with van der Waals surface area (Å²) in [5.74, 6) is 1.04. The van der Waals surface area contributed by atoms with Crippen LogP contribution in [0.3, 0.4) is 0 Å². The number of likely N-dealkylation sites (tertiary alicyclic amines) is 1. The zero-order valence-corrected chi connectivity index (χ0v) is 10.3. The minimum Gasteiger partial charge on any atom is -0.342 e. The molecule has 3 heterocycles. The molecule has 3 aliphatic rings. The van der Waals surface area contributed by atoms with E-state index < -0.39 is 0 Å². The van der Waals surface area contributed by atoms with Gasteiger partial charge < -0.3 is 10.2 Å². The third kappa shape index (κ3) is 1.45. The van der Waals surface area contributed by atoms with E-state index in [0.29, 0.717) is 0 Å². The molecule has 0 saturated carbocycles. The molecule has 1 aromatic heterocycles. The van der Waals surface area contributed by atoms with Gasteiger partial charge in [-0.1, -0.05) is 6.08 Å². The number of hydrogen-bond donors (Lipinski definition) is 1. The molecule has 1 aromatic rings. The van der Waals surface area contributed by atoms with Crippen LogP contribution in [0.5, 0.6) is 0 Å². The lowest BCUT2D eigenvalue weighted by atomic mass is 10.1. The fraction of sp³-hybridized carbons (Fsp3) is 0.429. The van der Waals surface area contributed by atoms with Crippen molar-refractivity contribution < 1.29 is 0 Å². The zero-order valence-electron chi connectivity index (χ0n) is 10.3. The Hall–Kier alpha value is -1.84. The number of aromatic nitrogens is 1. The average Bonchev–Trinajstić information content (AvgIpc) is 2.93. The highest BCUT2D eigenvalue weighted by Gasteiger charge is 2.22. The number of nitrogens with zero attached hydrogens (tertiary/aromatic N) is 3. The Morgan fingerprint density at radius 2 is 2.11 bits per heavy atom. The lowest BCUT2D eigenvalue weighted by molar-refractivity contribution is 0.503. The first-order valence-corrected chi connectivity index (χ1v) is 6.71. The number of nitrogens with one attached hydrogen (secondary N) is 1. The summed E-state index contributed by atoms with van der Waals surface area (Å²) in [7, 11) is 0. The van der Waals surface area contributed by atoms with Crippen LogP contribution < -0.4 is 15.9 Å². The summed E-state index contributed by atoms with van der Waals surface area (Å²) in [6, 6.07) is 2.02. The molecular formula is C14H16N4. The van der Waals surface area contributed by atoms with Gasteiger partial charge in [-0.25, -0.2) is 4.99 Å². The summed E-state index contributed by atoms with van der Waals surface area (Å²) in [4.78, 5) is 11.6. The van der Waals surface area contributed by atoms with E-state index in [1.54, 1.807) is 0 Å². The maximum absolute atomic E-state index is 4.77. The topological polar surface area (TPSA) is 40.5 Å². The molecule has 1 aliphatic carbocycles. The lowest BCUT2D eigenvalue weighted by Crippen LogP contribution is -2.46. The van der Waals surface area contributed by atoms with Crippen molar-refractivity contribution in [1.29, 1.82) is 0 Å². The van der Waals surface area contributed by atoms with Crippen molar-refractivity contribution in [1.82, 2.24) is 15.2 Å². The number of hydrogen-bond acceptors (Lipinski definition) is 4. The first-order chi connectivity index (χ1) is 8.92. The minimum absolute atomic E-state index is 1.04. The maximum Gasteiger partial charge on any atom is 0.203 e. The normalized spacial score (nSPS) is 21.0. The molecule has 4 heteroatoms. The summed E-state index contributed by atoms with van der Waals surface area (Å²) >= 11 is 0. The van der Waals surface area contributed by atoms with Gasteiger partial charge in [-0.2, -0.15) is 0 Å². The van der Waals surface area contributed by atoms with Crippen molar-refractivity contribution >= 4 is 23.4 Å². The van der Waals surface area contributed by atoms with E-state index in [2.05, 4.69) is 21.3 Å². The van der Waals surface area contributed by atoms with Crippen LogP contribution in [0.2, 0.25) is 0 Å². The highest BCUT2D eigenvalue weighted by molar-refractivity contribution is 5.91. The summed E-state index contributed by atoms with van der Waals surface area (Å²) in [5, 5.41) is 5.83. The summed E-state index contributed by atoms with van der Waals surface area (Å²) < 4.78 is 0. The van der Waals surface area contributed by atoms with E-state index in [0.717, 1.165) is 42.9 Å². The van der Waals surface area contributed by atoms with Gasteiger partial charge in [-0.3, -0.25) is 4.98 Å². The fourth-order valence-corrected chi connectivity index (χ4v) is 2.98. The number of guanidine groups is 1. The van der Waals surface area contributed by atoms with Crippen LogP contribution in [0.25, 0.3) is 11.8 Å². The summed E-state index contributed by atoms with van der Waals surface area (Å²) in [5.41, 5.74) is 2.37. The van der Waals surface area contributed by atoms with Crippen LogP contribution >= 0.6 is 0 Å². The number of aliphatic imine (C=N–C) groups is 1. The van der Waals surface area contributed by atoms with Crippen LogP contribution in [0, 0.1) is 0 Å². The van der Waals surface area contributed by atoms with Gasteiger partial charge in [-0.05, 0) is 31.7 Å². The first-order valence-electron chi connectivity index (χ1n) is 6.71. The quantitative estimate of drug-likeness (QED) is 0.716. The molecule has 0 atom stereocenters. The maximum atomic E-state index is 4.77. The second-order valence-corrected chi connectivity index (χ2v) is 5.07. The molecule has 0 amide bonds. The van der Waals surface area contributed by atoms with Crippen LogP contribution in [-0.4, -0.2) is 28.9 Å². The third-order valence-corrected chi connectivity index (χ3v) is 3.89. The highest BCUT2D eigenvalue weighted by Crippen LogP contribution is 2.17. The lowest BCUT2D eigenvalue weighted by Gasteiger charge is -2.26. The van der Waals surface area contributed by atoms with Crippen molar-refractivity contribution in [2.24, 2.45) is 4.99 Å². The molecule has 0 aromatic carbocycles. The first kappa shape index (κ1) is 10.1. The molecule has 2 aliphatic heterocycles. The smallest absolute Gasteiger partial charge is 0.203 e. The van der Waals surface area contributed by atoms with E-state index in [1.165, 1.54) is 23.8 Å². The van der Waals surface area contributed by atoms with Gasteiger partial charge >= 0.3 is 0 Å². The molecule has 4 rings (SSSR count). The predicted octanol–water partition coefficient (Wildman–Crippen LogP) is 0.451. The van der Waals surface area contributed by atoms with Crippen LogP contribution in [0.4, 0.5) is 5.69 Å². The Morgan fingerprint density at radius 1 is 1.22 bits per heavy atom. The van der Waals surface area contributed by atoms with Gasteiger partial charge in [0.2, 0.25) is 5.96 Å². The van der Waals surface area contributed by atoms with Gasteiger partial charge in [-0.15, -0.1) is 0 Å². The molecule has 92 valence electrons. The van der Waals surface area contributed by atoms with Crippen molar-refractivity contribution in [2.45, 2.75) is 25.7 Å². The average molecular weight is 240 g/mol. The van der Waals surface area contributed by atoms with Crippen LogP contribution in [0.1, 0.15) is 25.7 Å². The minimum atomic E-state index is 1.04.